The van der Waals surface area contributed by atoms with Crippen LogP contribution >= 0.6 is 12.8 Å². The molecule has 0 saturated heterocycles. The van der Waals surface area contributed by atoms with Crippen molar-refractivity contribution in [3.63, 3.8) is 0 Å². The molecule has 62 valence electrons. The van der Waals surface area contributed by atoms with Gasteiger partial charge in [-0.2, -0.15) is 0 Å². The van der Waals surface area contributed by atoms with Crippen LogP contribution < -0.4 is 5.32 Å². The summed E-state index contributed by atoms with van der Waals surface area (Å²) in [7, 11) is 3.91. The van der Waals surface area contributed by atoms with Gasteiger partial charge in [-0.3, -0.25) is 4.31 Å². The summed E-state index contributed by atoms with van der Waals surface area (Å²) in [5.41, 5.74) is 0. The van der Waals surface area contributed by atoms with E-state index in [9.17, 15) is 0 Å². The molecule has 0 unspecified atom stereocenters. The van der Waals surface area contributed by atoms with E-state index < -0.39 is 0 Å². The Morgan fingerprint density at radius 3 is 2.30 bits per heavy atom. The third-order valence-electron chi connectivity index (χ3n) is 0.908. The predicted molar refractivity (Wildman–Crippen MR) is 46.9 cm³/mol. The third kappa shape index (κ3) is 16.2. The summed E-state index contributed by atoms with van der Waals surface area (Å²) < 4.78 is 1.89. The quantitative estimate of drug-likeness (QED) is 0.552. The van der Waals surface area contributed by atoms with Crippen molar-refractivity contribution >= 4 is 12.8 Å². The van der Waals surface area contributed by atoms with Crippen molar-refractivity contribution in [1.82, 2.24) is 9.62 Å². The maximum Gasteiger partial charge on any atom is 0.00959 e. The van der Waals surface area contributed by atoms with E-state index in [0.717, 1.165) is 19.5 Å². The Hall–Kier alpha value is 1.32. The molecule has 4 heteroatoms. The Morgan fingerprint density at radius 1 is 1.50 bits per heavy atom. The normalized spacial score (nSPS) is 8.40. The van der Waals surface area contributed by atoms with Crippen LogP contribution in [-0.2, 0) is 0 Å². The van der Waals surface area contributed by atoms with E-state index in [0.29, 0.717) is 0 Å². The van der Waals surface area contributed by atoms with Crippen LogP contribution in [0.15, 0.2) is 0 Å². The van der Waals surface area contributed by atoms with Crippen LogP contribution in [0.1, 0.15) is 13.8 Å². The van der Waals surface area contributed by atoms with Gasteiger partial charge >= 0.3 is 0 Å². The summed E-state index contributed by atoms with van der Waals surface area (Å²) in [4.78, 5) is 0. The van der Waals surface area contributed by atoms with Crippen molar-refractivity contribution in [3.05, 3.63) is 0 Å². The Balaban J connectivity index is -0.000000245. The Morgan fingerprint density at radius 2 is 2.00 bits per heavy atom. The molecule has 0 atom stereocenters. The second kappa shape index (κ2) is 13.0. The average molecular weight is 388 g/mol. The van der Waals surface area contributed by atoms with Gasteiger partial charge < -0.3 is 5.32 Å². The Bertz CT molecular complexity index is 53.0. The van der Waals surface area contributed by atoms with Crippen LogP contribution in [0.3, 0.4) is 0 Å². The predicted octanol–water partition coefficient (Wildman–Crippen LogP) is 1.01. The third-order valence-corrected chi connectivity index (χ3v) is 1.11. The molecule has 0 rings (SSSR count). The Labute approximate surface area is 94.1 Å². The van der Waals surface area contributed by atoms with Crippen molar-refractivity contribution in [2.45, 2.75) is 13.8 Å². The van der Waals surface area contributed by atoms with Crippen molar-refractivity contribution < 1.29 is 31.1 Å². The number of hydrogen-bond donors (Lipinski definition) is 2. The maximum absolute atomic E-state index is 4.08. The number of rotatable bonds is 4. The molecule has 0 aromatic rings. The van der Waals surface area contributed by atoms with E-state index in [4.69, 9.17) is 0 Å². The fourth-order valence-corrected chi connectivity index (χ4v) is 0.626. The monoisotopic (exact) mass is 388 g/mol. The van der Waals surface area contributed by atoms with Crippen LogP contribution in [-0.4, -0.2) is 31.5 Å². The molecule has 0 aliphatic heterocycles. The molecular formula is C6H18N2SU. The molecular weight excluding hydrogens is 370 g/mol. The summed E-state index contributed by atoms with van der Waals surface area (Å²) in [6.45, 7) is 2.12. The van der Waals surface area contributed by atoms with E-state index in [1.165, 1.54) is 0 Å². The molecule has 0 bridgehead atoms. The minimum Gasteiger partial charge on any atom is -0.320 e. The van der Waals surface area contributed by atoms with Gasteiger partial charge in [0.05, 0.1) is 0 Å². The smallest absolute Gasteiger partial charge is 0.00959 e. The first-order valence-electron chi connectivity index (χ1n) is 2.82. The average Bonchev–Trinajstić information content (AvgIpc) is 1.66. The second-order valence-electron chi connectivity index (χ2n) is 1.84. The summed E-state index contributed by atoms with van der Waals surface area (Å²) in [5, 5.41) is 3.06. The van der Waals surface area contributed by atoms with Gasteiger partial charge in [-0.25, -0.2) is 0 Å². The number of nitrogens with one attached hydrogen (secondary N) is 1. The summed E-state index contributed by atoms with van der Waals surface area (Å²) in [6, 6.07) is 0. The minimum atomic E-state index is 0. The molecule has 1 N–H and O–H groups in total. The fourth-order valence-electron chi connectivity index (χ4n) is 0.485. The van der Waals surface area contributed by atoms with E-state index in [1.54, 1.807) is 0 Å². The topological polar surface area (TPSA) is 15.3 Å². The van der Waals surface area contributed by atoms with Gasteiger partial charge in [0, 0.05) is 37.7 Å². The molecule has 0 heterocycles. The van der Waals surface area contributed by atoms with Crippen molar-refractivity contribution in [1.29, 1.82) is 0 Å². The summed E-state index contributed by atoms with van der Waals surface area (Å²) in [6.07, 6.45) is 1.16. The molecule has 0 saturated carbocycles. The van der Waals surface area contributed by atoms with Gasteiger partial charge in [0.1, 0.15) is 0 Å². The fraction of sp³-hybridized carbons (Fsp3) is 1.00. The van der Waals surface area contributed by atoms with Crippen LogP contribution in [0, 0.1) is 31.1 Å². The van der Waals surface area contributed by atoms with Gasteiger partial charge in [0.15, 0.2) is 0 Å². The van der Waals surface area contributed by atoms with Crippen molar-refractivity contribution in [3.8, 4) is 0 Å². The van der Waals surface area contributed by atoms with Crippen LogP contribution in [0.2, 0.25) is 0 Å². The van der Waals surface area contributed by atoms with Crippen LogP contribution in [0.25, 0.3) is 0 Å². The molecule has 0 aliphatic rings. The molecule has 0 fully saturated rings. The largest absolute Gasteiger partial charge is 0.320 e. The molecule has 10 heavy (non-hydrogen) atoms. The molecule has 0 amide bonds. The second-order valence-corrected chi connectivity index (χ2v) is 2.52. The summed E-state index contributed by atoms with van der Waals surface area (Å²) in [5.74, 6) is 0. The molecule has 0 aromatic carbocycles. The van der Waals surface area contributed by atoms with Gasteiger partial charge in [-0.15, -0.1) is 0 Å². The number of thiol groups is 1. The standard InChI is InChI=1S/C5H14N2S.CH4.U/c1-6-4-3-5-7(2)8;;/h6,8H,3-5H2,1-2H3;1H4;. The maximum atomic E-state index is 4.08. The van der Waals surface area contributed by atoms with Gasteiger partial charge in [0.25, 0.3) is 0 Å². The SMILES string of the molecule is C.CNCCCN(C)S.[U]. The van der Waals surface area contributed by atoms with Crippen LogP contribution in [0.5, 0.6) is 0 Å². The van der Waals surface area contributed by atoms with Crippen molar-refractivity contribution in [2.24, 2.45) is 0 Å². The molecule has 0 aromatic heterocycles. The molecule has 0 radical (unpaired) electrons. The number of nitrogens with zero attached hydrogens (tertiary/aromatic N) is 1. The molecule has 0 spiro atoms. The zero-order chi connectivity index (χ0) is 6.41. The zero-order valence-electron chi connectivity index (χ0n) is 6.02. The van der Waals surface area contributed by atoms with Gasteiger partial charge in [0.2, 0.25) is 0 Å². The minimum absolute atomic E-state index is 0. The van der Waals surface area contributed by atoms with Gasteiger partial charge in [-0.1, -0.05) is 20.2 Å². The molecule has 2 nitrogen and oxygen atoms in total. The molecule has 0 aliphatic carbocycles. The Kier molecular flexibility index (Phi) is 22.6. The van der Waals surface area contributed by atoms with E-state index >= 15 is 0 Å². The van der Waals surface area contributed by atoms with Crippen molar-refractivity contribution in [2.75, 3.05) is 27.2 Å². The van der Waals surface area contributed by atoms with E-state index in [1.807, 2.05) is 18.4 Å². The van der Waals surface area contributed by atoms with Gasteiger partial charge in [-0.05, 0) is 27.1 Å². The van der Waals surface area contributed by atoms with Crippen LogP contribution in [0.4, 0.5) is 0 Å². The summed E-state index contributed by atoms with van der Waals surface area (Å²) >= 11 is 4.08. The number of hydrogen-bond acceptors (Lipinski definition) is 3. The van der Waals surface area contributed by atoms with E-state index in [-0.39, 0.29) is 38.5 Å². The zero-order valence-corrected chi connectivity index (χ0v) is 11.1. The first-order valence-corrected chi connectivity index (χ1v) is 3.22. The first-order chi connectivity index (χ1) is 3.77. The first kappa shape index (κ1) is 17.4. The van der Waals surface area contributed by atoms with E-state index in [2.05, 4.69) is 18.1 Å².